The zero-order valence-electron chi connectivity index (χ0n) is 16.0. The van der Waals surface area contributed by atoms with Crippen LogP contribution in [-0.4, -0.2) is 52.0 Å². The molecule has 4 rings (SSSR count). The molecule has 29 heavy (non-hydrogen) atoms. The summed E-state index contributed by atoms with van der Waals surface area (Å²) in [5, 5.41) is 6.04. The summed E-state index contributed by atoms with van der Waals surface area (Å²) in [6, 6.07) is 10.1. The molecule has 3 heterocycles. The summed E-state index contributed by atoms with van der Waals surface area (Å²) < 4.78 is 18.4. The summed E-state index contributed by atoms with van der Waals surface area (Å²) in [6.45, 7) is 5.24. The Balaban J connectivity index is 1.30. The Kier molecular flexibility index (Phi) is 5.82. The molecule has 0 atom stereocenters. The lowest BCUT2D eigenvalue weighted by molar-refractivity contribution is -0.127. The minimum Gasteiger partial charge on any atom is -0.337 e. The van der Waals surface area contributed by atoms with Crippen LogP contribution in [0.4, 0.5) is 4.39 Å². The number of allylic oxidation sites excluding steroid dienone is 1. The first-order valence-corrected chi connectivity index (χ1v) is 10.3. The number of amides is 1. The summed E-state index contributed by atoms with van der Waals surface area (Å²) in [6.07, 6.45) is 1.62. The number of benzene rings is 1. The summed E-state index contributed by atoms with van der Waals surface area (Å²) >= 11 is 1.56. The first-order chi connectivity index (χ1) is 14.1. The van der Waals surface area contributed by atoms with E-state index < -0.39 is 0 Å². The third-order valence-corrected chi connectivity index (χ3v) is 5.75. The highest BCUT2D eigenvalue weighted by molar-refractivity contribution is 7.13. The van der Waals surface area contributed by atoms with Gasteiger partial charge in [0.05, 0.1) is 11.4 Å². The van der Waals surface area contributed by atoms with Gasteiger partial charge in [-0.25, -0.2) is 4.39 Å². The Morgan fingerprint density at radius 3 is 2.66 bits per heavy atom. The fourth-order valence-electron chi connectivity index (χ4n) is 3.22. The van der Waals surface area contributed by atoms with Gasteiger partial charge in [0.15, 0.2) is 5.82 Å². The van der Waals surface area contributed by atoms with Crippen molar-refractivity contribution in [2.24, 2.45) is 0 Å². The molecule has 1 aromatic carbocycles. The van der Waals surface area contributed by atoms with E-state index in [1.165, 1.54) is 12.1 Å². The first kappa shape index (κ1) is 19.5. The van der Waals surface area contributed by atoms with E-state index in [4.69, 9.17) is 4.52 Å². The lowest BCUT2D eigenvalue weighted by atomic mass is 10.1. The van der Waals surface area contributed by atoms with Crippen LogP contribution in [-0.2, 0) is 11.3 Å². The van der Waals surface area contributed by atoms with Crippen molar-refractivity contribution in [3.8, 4) is 10.8 Å². The normalized spacial score (nSPS) is 15.7. The van der Waals surface area contributed by atoms with Gasteiger partial charge in [0.2, 0.25) is 5.91 Å². The number of rotatable bonds is 5. The maximum Gasteiger partial charge on any atom is 0.268 e. The van der Waals surface area contributed by atoms with Gasteiger partial charge in [-0.1, -0.05) is 23.4 Å². The largest absolute Gasteiger partial charge is 0.337 e. The van der Waals surface area contributed by atoms with Crippen LogP contribution in [0.15, 0.2) is 52.4 Å². The van der Waals surface area contributed by atoms with Gasteiger partial charge in [0, 0.05) is 32.3 Å². The number of halogens is 1. The van der Waals surface area contributed by atoms with E-state index in [0.29, 0.717) is 31.3 Å². The van der Waals surface area contributed by atoms with Gasteiger partial charge in [-0.2, -0.15) is 4.98 Å². The van der Waals surface area contributed by atoms with E-state index >= 15 is 0 Å². The molecular weight excluding hydrogens is 391 g/mol. The second-order valence-electron chi connectivity index (χ2n) is 6.93. The molecule has 1 aliphatic rings. The van der Waals surface area contributed by atoms with Gasteiger partial charge in [0.1, 0.15) is 5.82 Å². The maximum absolute atomic E-state index is 13.1. The highest BCUT2D eigenvalue weighted by Gasteiger charge is 2.22. The van der Waals surface area contributed by atoms with Crippen LogP contribution in [0.25, 0.3) is 16.3 Å². The van der Waals surface area contributed by atoms with E-state index in [0.717, 1.165) is 29.1 Å². The van der Waals surface area contributed by atoms with Crippen LogP contribution in [0.1, 0.15) is 18.3 Å². The van der Waals surface area contributed by atoms with Crippen LogP contribution < -0.4 is 0 Å². The number of hydrogen-bond acceptors (Lipinski definition) is 6. The van der Waals surface area contributed by atoms with E-state index in [1.807, 2.05) is 29.3 Å². The molecule has 3 aromatic rings. The molecule has 1 aliphatic heterocycles. The highest BCUT2D eigenvalue weighted by Crippen LogP contribution is 2.23. The molecule has 1 saturated heterocycles. The monoisotopic (exact) mass is 412 g/mol. The third-order valence-electron chi connectivity index (χ3n) is 4.89. The van der Waals surface area contributed by atoms with E-state index in [2.05, 4.69) is 15.0 Å². The zero-order valence-corrected chi connectivity index (χ0v) is 16.9. The molecule has 2 aromatic heterocycles. The van der Waals surface area contributed by atoms with Crippen LogP contribution in [0.5, 0.6) is 0 Å². The van der Waals surface area contributed by atoms with Gasteiger partial charge in [-0.15, -0.1) is 11.3 Å². The van der Waals surface area contributed by atoms with Gasteiger partial charge in [-0.05, 0) is 41.6 Å². The lowest BCUT2D eigenvalue weighted by Gasteiger charge is -2.33. The SMILES string of the molecule is C/C(=C/C(=O)N1CCN(Cc2noc(-c3cccs3)n2)CC1)c1ccc(F)cc1. The minimum atomic E-state index is -0.284. The lowest BCUT2D eigenvalue weighted by Crippen LogP contribution is -2.48. The van der Waals surface area contributed by atoms with Crippen molar-refractivity contribution in [1.82, 2.24) is 19.9 Å². The van der Waals surface area contributed by atoms with Crippen molar-refractivity contribution >= 4 is 22.8 Å². The standard InChI is InChI=1S/C21H21FN4O2S/c1-15(16-4-6-17(22)7-5-16)13-20(27)26-10-8-25(9-11-26)14-19-23-21(28-24-19)18-3-2-12-29-18/h2-7,12-13H,8-11,14H2,1H3/b15-13-. The molecule has 8 heteroatoms. The molecule has 1 amide bonds. The van der Waals surface area contributed by atoms with E-state index in [-0.39, 0.29) is 11.7 Å². The average molecular weight is 412 g/mol. The zero-order chi connectivity index (χ0) is 20.2. The number of carbonyl (C=O) groups is 1. The van der Waals surface area contributed by atoms with Crippen molar-refractivity contribution < 1.29 is 13.7 Å². The molecule has 0 aliphatic carbocycles. The number of thiophene rings is 1. The number of aromatic nitrogens is 2. The number of nitrogens with zero attached hydrogens (tertiary/aromatic N) is 4. The fourth-order valence-corrected chi connectivity index (χ4v) is 3.86. The smallest absolute Gasteiger partial charge is 0.268 e. The second kappa shape index (κ2) is 8.67. The Labute approximate surface area is 172 Å². The molecule has 0 N–H and O–H groups in total. The summed E-state index contributed by atoms with van der Waals surface area (Å²) in [5.41, 5.74) is 1.67. The van der Waals surface area contributed by atoms with Gasteiger partial charge in [0.25, 0.3) is 5.89 Å². The highest BCUT2D eigenvalue weighted by atomic mass is 32.1. The minimum absolute atomic E-state index is 0.0222. The Hall–Kier alpha value is -2.84. The van der Waals surface area contributed by atoms with Crippen molar-refractivity contribution in [2.45, 2.75) is 13.5 Å². The van der Waals surface area contributed by atoms with Crippen LogP contribution >= 0.6 is 11.3 Å². The second-order valence-corrected chi connectivity index (χ2v) is 7.88. The third kappa shape index (κ3) is 4.78. The van der Waals surface area contributed by atoms with Crippen molar-refractivity contribution in [3.05, 3.63) is 65.1 Å². The van der Waals surface area contributed by atoms with Crippen molar-refractivity contribution in [2.75, 3.05) is 26.2 Å². The van der Waals surface area contributed by atoms with E-state index in [1.54, 1.807) is 29.5 Å². The number of piperazine rings is 1. The van der Waals surface area contributed by atoms with Crippen LogP contribution in [0.3, 0.4) is 0 Å². The predicted octanol–water partition coefficient (Wildman–Crippen LogP) is 3.68. The van der Waals surface area contributed by atoms with Crippen LogP contribution in [0.2, 0.25) is 0 Å². The van der Waals surface area contributed by atoms with E-state index in [9.17, 15) is 9.18 Å². The molecule has 1 fully saturated rings. The molecular formula is C21H21FN4O2S. The Morgan fingerprint density at radius 2 is 1.97 bits per heavy atom. The number of carbonyl (C=O) groups excluding carboxylic acids is 1. The van der Waals surface area contributed by atoms with Gasteiger partial charge in [-0.3, -0.25) is 9.69 Å². The van der Waals surface area contributed by atoms with Crippen molar-refractivity contribution in [3.63, 3.8) is 0 Å². The molecule has 0 bridgehead atoms. The molecule has 0 unspecified atom stereocenters. The molecule has 6 nitrogen and oxygen atoms in total. The molecule has 0 radical (unpaired) electrons. The Morgan fingerprint density at radius 1 is 1.21 bits per heavy atom. The topological polar surface area (TPSA) is 62.5 Å². The van der Waals surface area contributed by atoms with Gasteiger partial charge >= 0.3 is 0 Å². The molecule has 150 valence electrons. The molecule has 0 spiro atoms. The summed E-state index contributed by atoms with van der Waals surface area (Å²) in [7, 11) is 0. The predicted molar refractivity (Wildman–Crippen MR) is 110 cm³/mol. The fraction of sp³-hybridized carbons (Fsp3) is 0.286. The Bertz CT molecular complexity index is 990. The van der Waals surface area contributed by atoms with Crippen LogP contribution in [0, 0.1) is 5.82 Å². The first-order valence-electron chi connectivity index (χ1n) is 9.40. The molecule has 0 saturated carbocycles. The van der Waals surface area contributed by atoms with Gasteiger partial charge < -0.3 is 9.42 Å². The average Bonchev–Trinajstić information content (AvgIpc) is 3.41. The summed E-state index contributed by atoms with van der Waals surface area (Å²) in [5.74, 6) is 0.893. The maximum atomic E-state index is 13.1. The quantitative estimate of drug-likeness (QED) is 0.598. The summed E-state index contributed by atoms with van der Waals surface area (Å²) in [4.78, 5) is 22.0. The van der Waals surface area contributed by atoms with Crippen molar-refractivity contribution in [1.29, 1.82) is 0 Å². The number of hydrogen-bond donors (Lipinski definition) is 0.